The summed E-state index contributed by atoms with van der Waals surface area (Å²) < 4.78 is 15.8. The second-order valence-corrected chi connectivity index (χ2v) is 8.77. The smallest absolute Gasteiger partial charge is 0.339 e. The zero-order valence-corrected chi connectivity index (χ0v) is 19.5. The number of rotatable bonds is 5. The maximum Gasteiger partial charge on any atom is 0.339 e. The lowest BCUT2D eigenvalue weighted by Crippen LogP contribution is -2.42. The van der Waals surface area contributed by atoms with Gasteiger partial charge in [0.05, 0.1) is 36.1 Å². The second-order valence-electron chi connectivity index (χ2n) is 8.77. The van der Waals surface area contributed by atoms with E-state index in [-0.39, 0.29) is 24.4 Å². The lowest BCUT2D eigenvalue weighted by molar-refractivity contribution is -0.149. The van der Waals surface area contributed by atoms with E-state index in [0.717, 1.165) is 29.0 Å². The molecule has 1 aliphatic carbocycles. The van der Waals surface area contributed by atoms with Crippen LogP contribution < -0.4 is 0 Å². The highest BCUT2D eigenvalue weighted by molar-refractivity contribution is 6.07. The van der Waals surface area contributed by atoms with E-state index in [0.29, 0.717) is 48.8 Å². The topological polar surface area (TPSA) is 98.9 Å². The summed E-state index contributed by atoms with van der Waals surface area (Å²) in [4.78, 5) is 44.2. The number of pyridine rings is 1. The SMILES string of the molecule is COC(=O)C1CCN(C(=O)COC(=O)c2c3c(nc4ccccc24)/C(=C\c2ccco2)CC3)CC1. The van der Waals surface area contributed by atoms with Gasteiger partial charge in [-0.05, 0) is 61.1 Å². The molecule has 2 aliphatic rings. The summed E-state index contributed by atoms with van der Waals surface area (Å²) in [6.07, 6.45) is 6.03. The van der Waals surface area contributed by atoms with Crippen LogP contribution in [-0.2, 0) is 25.5 Å². The van der Waals surface area contributed by atoms with Crippen molar-refractivity contribution in [1.29, 1.82) is 0 Å². The van der Waals surface area contributed by atoms with Gasteiger partial charge < -0.3 is 18.8 Å². The average molecular weight is 475 g/mol. The quantitative estimate of drug-likeness (QED) is 0.518. The van der Waals surface area contributed by atoms with Crippen LogP contribution in [0.3, 0.4) is 0 Å². The Balaban J connectivity index is 1.35. The van der Waals surface area contributed by atoms with E-state index in [1.165, 1.54) is 7.11 Å². The molecule has 35 heavy (non-hydrogen) atoms. The number of amides is 1. The monoisotopic (exact) mass is 474 g/mol. The van der Waals surface area contributed by atoms with Gasteiger partial charge in [-0.3, -0.25) is 9.59 Å². The van der Waals surface area contributed by atoms with Crippen molar-refractivity contribution in [3.63, 3.8) is 0 Å². The normalized spacial score (nSPS) is 16.9. The summed E-state index contributed by atoms with van der Waals surface area (Å²) in [5.74, 6) is -0.510. The van der Waals surface area contributed by atoms with Crippen molar-refractivity contribution in [2.45, 2.75) is 25.7 Å². The van der Waals surface area contributed by atoms with E-state index >= 15 is 0 Å². The van der Waals surface area contributed by atoms with Crippen LogP contribution >= 0.6 is 0 Å². The predicted molar refractivity (Wildman–Crippen MR) is 128 cm³/mol. The molecule has 1 aromatic carbocycles. The van der Waals surface area contributed by atoms with Crippen molar-refractivity contribution in [3.05, 3.63) is 65.2 Å². The minimum atomic E-state index is -0.531. The third-order valence-corrected chi connectivity index (χ3v) is 6.71. The number of furan rings is 1. The summed E-state index contributed by atoms with van der Waals surface area (Å²) in [5, 5.41) is 0.710. The van der Waals surface area contributed by atoms with E-state index in [1.807, 2.05) is 42.5 Å². The molecular formula is C27H26N2O6. The van der Waals surface area contributed by atoms with Crippen LogP contribution in [0.4, 0.5) is 0 Å². The van der Waals surface area contributed by atoms with Crippen molar-refractivity contribution in [2.75, 3.05) is 26.8 Å². The first kappa shape index (κ1) is 22.8. The standard InChI is InChI=1S/C27H26N2O6/c1-33-26(31)17-10-12-29(13-11-17)23(30)16-35-27(32)24-20-6-2-3-7-22(20)28-25-18(8-9-21(24)25)15-19-5-4-14-34-19/h2-7,14-15,17H,8-13,16H2,1H3/b18-15-. The number of para-hydroxylation sites is 1. The number of nitrogens with zero attached hydrogens (tertiary/aromatic N) is 2. The fourth-order valence-corrected chi connectivity index (χ4v) is 4.88. The summed E-state index contributed by atoms with van der Waals surface area (Å²) in [5.41, 5.74) is 3.76. The van der Waals surface area contributed by atoms with Gasteiger partial charge in [-0.15, -0.1) is 0 Å². The minimum absolute atomic E-state index is 0.194. The van der Waals surface area contributed by atoms with Crippen LogP contribution in [0.15, 0.2) is 47.1 Å². The molecule has 0 saturated carbocycles. The number of allylic oxidation sites excluding steroid dienone is 1. The molecule has 2 aromatic heterocycles. The molecule has 0 spiro atoms. The minimum Gasteiger partial charge on any atom is -0.469 e. The Morgan fingerprint density at radius 1 is 1.11 bits per heavy atom. The number of hydrogen-bond donors (Lipinski definition) is 0. The van der Waals surface area contributed by atoms with Crippen LogP contribution in [0.1, 0.15) is 46.6 Å². The fourth-order valence-electron chi connectivity index (χ4n) is 4.88. The molecular weight excluding hydrogens is 448 g/mol. The molecule has 1 saturated heterocycles. The summed E-state index contributed by atoms with van der Waals surface area (Å²) in [7, 11) is 1.37. The number of benzene rings is 1. The highest BCUT2D eigenvalue weighted by atomic mass is 16.5. The van der Waals surface area contributed by atoms with Crippen molar-refractivity contribution in [1.82, 2.24) is 9.88 Å². The first-order valence-electron chi connectivity index (χ1n) is 11.7. The number of fused-ring (bicyclic) bond motifs is 2. The number of methoxy groups -OCH3 is 1. The summed E-state index contributed by atoms with van der Waals surface area (Å²) in [6.45, 7) is 0.525. The number of carbonyl (C=O) groups is 3. The Bertz CT molecular complexity index is 1300. The van der Waals surface area contributed by atoms with E-state index in [4.69, 9.17) is 18.9 Å². The van der Waals surface area contributed by atoms with Gasteiger partial charge in [0, 0.05) is 18.5 Å². The van der Waals surface area contributed by atoms with Crippen molar-refractivity contribution < 1.29 is 28.3 Å². The first-order chi connectivity index (χ1) is 17.0. The van der Waals surface area contributed by atoms with Crippen LogP contribution in [0.5, 0.6) is 0 Å². The number of ether oxygens (including phenoxy) is 2. The fraction of sp³-hybridized carbons (Fsp3) is 0.333. The number of carbonyl (C=O) groups excluding carboxylic acids is 3. The molecule has 0 atom stereocenters. The van der Waals surface area contributed by atoms with Gasteiger partial charge in [-0.2, -0.15) is 0 Å². The maximum absolute atomic E-state index is 13.3. The zero-order valence-electron chi connectivity index (χ0n) is 19.5. The third kappa shape index (κ3) is 4.56. The third-order valence-electron chi connectivity index (χ3n) is 6.71. The summed E-state index contributed by atoms with van der Waals surface area (Å²) >= 11 is 0. The Morgan fingerprint density at radius 3 is 2.66 bits per heavy atom. The highest BCUT2D eigenvalue weighted by Crippen LogP contribution is 2.37. The maximum atomic E-state index is 13.3. The first-order valence-corrected chi connectivity index (χ1v) is 11.7. The van der Waals surface area contributed by atoms with Crippen molar-refractivity contribution in [2.24, 2.45) is 5.92 Å². The highest BCUT2D eigenvalue weighted by Gasteiger charge is 2.30. The van der Waals surface area contributed by atoms with Gasteiger partial charge in [0.15, 0.2) is 6.61 Å². The Morgan fingerprint density at radius 2 is 1.91 bits per heavy atom. The molecule has 8 nitrogen and oxygen atoms in total. The van der Waals surface area contributed by atoms with E-state index < -0.39 is 5.97 Å². The van der Waals surface area contributed by atoms with Gasteiger partial charge in [-0.1, -0.05) is 18.2 Å². The Hall–Kier alpha value is -3.94. The van der Waals surface area contributed by atoms with Crippen LogP contribution in [0.2, 0.25) is 0 Å². The lowest BCUT2D eigenvalue weighted by atomic mass is 9.97. The number of hydrogen-bond acceptors (Lipinski definition) is 7. The number of piperidine rings is 1. The molecule has 0 unspecified atom stereocenters. The average Bonchev–Trinajstić information content (AvgIpc) is 3.55. The van der Waals surface area contributed by atoms with Gasteiger partial charge in [0.25, 0.3) is 5.91 Å². The molecule has 1 fully saturated rings. The molecule has 0 N–H and O–H groups in total. The zero-order chi connectivity index (χ0) is 24.4. The summed E-state index contributed by atoms with van der Waals surface area (Å²) in [6, 6.07) is 11.2. The van der Waals surface area contributed by atoms with Crippen molar-refractivity contribution >= 4 is 40.4 Å². The van der Waals surface area contributed by atoms with Gasteiger partial charge in [0.2, 0.25) is 0 Å². The lowest BCUT2D eigenvalue weighted by Gasteiger charge is -2.30. The molecule has 8 heteroatoms. The van der Waals surface area contributed by atoms with Gasteiger partial charge in [-0.25, -0.2) is 9.78 Å². The van der Waals surface area contributed by atoms with E-state index in [9.17, 15) is 14.4 Å². The second kappa shape index (κ2) is 9.74. The molecule has 180 valence electrons. The Labute approximate surface area is 202 Å². The van der Waals surface area contributed by atoms with E-state index in [2.05, 4.69) is 0 Å². The van der Waals surface area contributed by atoms with Gasteiger partial charge >= 0.3 is 11.9 Å². The number of likely N-dealkylation sites (tertiary alicyclic amines) is 1. The Kier molecular flexibility index (Phi) is 6.35. The van der Waals surface area contributed by atoms with Gasteiger partial charge in [0.1, 0.15) is 5.76 Å². The largest absolute Gasteiger partial charge is 0.469 e. The molecule has 3 heterocycles. The molecule has 0 bridgehead atoms. The molecule has 1 aliphatic heterocycles. The number of aromatic nitrogens is 1. The van der Waals surface area contributed by atoms with Crippen LogP contribution in [-0.4, -0.2) is 54.5 Å². The van der Waals surface area contributed by atoms with Crippen LogP contribution in [0, 0.1) is 5.92 Å². The predicted octanol–water partition coefficient (Wildman–Crippen LogP) is 3.88. The molecule has 1 amide bonds. The van der Waals surface area contributed by atoms with Crippen molar-refractivity contribution in [3.8, 4) is 0 Å². The van der Waals surface area contributed by atoms with Crippen LogP contribution in [0.25, 0.3) is 22.6 Å². The number of esters is 2. The van der Waals surface area contributed by atoms with E-state index in [1.54, 1.807) is 11.2 Å². The molecule has 5 rings (SSSR count). The molecule has 3 aromatic rings. The molecule has 0 radical (unpaired) electrons.